The highest BCUT2D eigenvalue weighted by atomic mass is 19.2. The van der Waals surface area contributed by atoms with Gasteiger partial charge in [0.1, 0.15) is 11.6 Å². The van der Waals surface area contributed by atoms with E-state index in [4.69, 9.17) is 4.74 Å². The Hall–Kier alpha value is -2.12. The molecule has 0 heterocycles. The maximum absolute atomic E-state index is 13.8. The highest BCUT2D eigenvalue weighted by molar-refractivity contribution is 6.68. The Balaban J connectivity index is 2.62. The molecule has 0 saturated carbocycles. The Morgan fingerprint density at radius 1 is 0.864 bits per heavy atom. The molecule has 0 fully saturated rings. The molecule has 2 aromatic carbocycles. The quantitative estimate of drug-likeness (QED) is 0.479. The first kappa shape index (κ1) is 16.3. The van der Waals surface area contributed by atoms with Crippen molar-refractivity contribution in [3.63, 3.8) is 0 Å². The van der Waals surface area contributed by atoms with E-state index in [1.165, 1.54) is 0 Å². The van der Waals surface area contributed by atoms with Gasteiger partial charge in [-0.05, 0) is 23.9 Å². The van der Waals surface area contributed by atoms with Crippen LogP contribution in [0.5, 0.6) is 5.75 Å². The van der Waals surface area contributed by atoms with Crippen LogP contribution in [0.15, 0.2) is 12.1 Å². The fourth-order valence-electron chi connectivity index (χ4n) is 2.11. The predicted octanol–water partition coefficient (Wildman–Crippen LogP) is 2.23. The number of hydrogen-bond acceptors (Lipinski definition) is 1. The second-order valence-electron chi connectivity index (χ2n) is 4.62. The summed E-state index contributed by atoms with van der Waals surface area (Å²) in [5.74, 6) is -8.88. The molecule has 0 saturated heterocycles. The van der Waals surface area contributed by atoms with E-state index in [2.05, 4.69) is 0 Å². The lowest BCUT2D eigenvalue weighted by atomic mass is 9.62. The van der Waals surface area contributed by atoms with Gasteiger partial charge < -0.3 is 4.74 Å². The number of benzene rings is 2. The lowest BCUT2D eigenvalue weighted by Crippen LogP contribution is -2.36. The Morgan fingerprint density at radius 2 is 1.41 bits per heavy atom. The van der Waals surface area contributed by atoms with Crippen molar-refractivity contribution in [1.82, 2.24) is 0 Å². The average molecular weight is 318 g/mol. The molecule has 0 radical (unpaired) electrons. The monoisotopic (exact) mass is 318 g/mol. The lowest BCUT2D eigenvalue weighted by molar-refractivity contribution is 0.388. The van der Waals surface area contributed by atoms with E-state index in [0.717, 1.165) is 20.1 Å². The third-order valence-corrected chi connectivity index (χ3v) is 3.23. The first-order valence-corrected chi connectivity index (χ1v) is 6.11. The van der Waals surface area contributed by atoms with Gasteiger partial charge in [-0.15, -0.1) is 0 Å². The van der Waals surface area contributed by atoms with E-state index in [1.54, 1.807) is 0 Å². The summed E-state index contributed by atoms with van der Waals surface area (Å²) in [6, 6.07) is 1.29. The zero-order chi connectivity index (χ0) is 16.6. The van der Waals surface area contributed by atoms with Crippen molar-refractivity contribution >= 4 is 18.2 Å². The summed E-state index contributed by atoms with van der Waals surface area (Å²) in [6.45, 7) is 0.878. The summed E-state index contributed by atoms with van der Waals surface area (Å²) in [5, 5.41) is 0. The second-order valence-corrected chi connectivity index (χ2v) is 4.62. The molecule has 2 aromatic rings. The third kappa shape index (κ3) is 2.65. The normalized spacial score (nSPS) is 10.7. The summed E-state index contributed by atoms with van der Waals surface area (Å²) in [5.41, 5.74) is -2.06. The molecule has 8 heteroatoms. The van der Waals surface area contributed by atoms with Crippen LogP contribution in [0.2, 0.25) is 0 Å². The summed E-state index contributed by atoms with van der Waals surface area (Å²) in [6.07, 6.45) is 0. The SMILES string of the molecule is COc1c(F)cc(F)cc1Bc1c(F)c(F)c(C)c(F)c1F. The van der Waals surface area contributed by atoms with Crippen molar-refractivity contribution in [2.24, 2.45) is 0 Å². The highest BCUT2D eigenvalue weighted by Crippen LogP contribution is 2.18. The molecule has 0 bridgehead atoms. The van der Waals surface area contributed by atoms with Crippen molar-refractivity contribution in [3.8, 4) is 5.75 Å². The predicted molar refractivity (Wildman–Crippen MR) is 70.3 cm³/mol. The van der Waals surface area contributed by atoms with Gasteiger partial charge in [-0.3, -0.25) is 0 Å². The molecule has 0 atom stereocenters. The summed E-state index contributed by atoms with van der Waals surface area (Å²) in [7, 11) is 0.298. The van der Waals surface area contributed by atoms with Crippen LogP contribution in [-0.2, 0) is 0 Å². The smallest absolute Gasteiger partial charge is 0.205 e. The first-order chi connectivity index (χ1) is 10.3. The van der Waals surface area contributed by atoms with E-state index in [-0.39, 0.29) is 5.46 Å². The van der Waals surface area contributed by atoms with Crippen LogP contribution >= 0.6 is 0 Å². The standard InChI is InChI=1S/C14H9BF6O/c1-5-10(18)12(20)9(13(21)11(5)19)15-7-3-6(16)4-8(17)14(7)22-2/h3-4,15H,1-2H3. The molecule has 0 spiro atoms. The minimum atomic E-state index is -1.61. The minimum absolute atomic E-state index is 0.277. The molecule has 0 N–H and O–H groups in total. The van der Waals surface area contributed by atoms with E-state index >= 15 is 0 Å². The third-order valence-electron chi connectivity index (χ3n) is 3.23. The summed E-state index contributed by atoms with van der Waals surface area (Å²) in [4.78, 5) is 0. The van der Waals surface area contributed by atoms with Crippen LogP contribution in [-0.4, -0.2) is 14.4 Å². The minimum Gasteiger partial charge on any atom is -0.494 e. The molecular weight excluding hydrogens is 309 g/mol. The summed E-state index contributed by atoms with van der Waals surface area (Å²) < 4.78 is 86.1. The van der Waals surface area contributed by atoms with Crippen LogP contribution in [0.25, 0.3) is 0 Å². The summed E-state index contributed by atoms with van der Waals surface area (Å²) >= 11 is 0. The molecule has 0 aromatic heterocycles. The van der Waals surface area contributed by atoms with Crippen LogP contribution in [0.1, 0.15) is 5.56 Å². The molecule has 0 amide bonds. The van der Waals surface area contributed by atoms with Gasteiger partial charge >= 0.3 is 0 Å². The maximum atomic E-state index is 13.8. The van der Waals surface area contributed by atoms with E-state index in [9.17, 15) is 26.3 Å². The van der Waals surface area contributed by atoms with Gasteiger partial charge in [0.25, 0.3) is 0 Å². The van der Waals surface area contributed by atoms with Crippen molar-refractivity contribution in [2.45, 2.75) is 6.92 Å². The Labute approximate surface area is 122 Å². The van der Waals surface area contributed by atoms with Crippen molar-refractivity contribution in [3.05, 3.63) is 52.6 Å². The van der Waals surface area contributed by atoms with Gasteiger partial charge in [0.05, 0.1) is 7.11 Å². The van der Waals surface area contributed by atoms with Gasteiger partial charge in [0.15, 0.2) is 29.1 Å². The Morgan fingerprint density at radius 3 is 1.91 bits per heavy atom. The number of rotatable bonds is 3. The zero-order valence-corrected chi connectivity index (χ0v) is 11.5. The topological polar surface area (TPSA) is 9.23 Å². The number of hydrogen-bond donors (Lipinski definition) is 0. The van der Waals surface area contributed by atoms with E-state index in [1.807, 2.05) is 0 Å². The van der Waals surface area contributed by atoms with Gasteiger partial charge in [-0.1, -0.05) is 0 Å². The largest absolute Gasteiger partial charge is 0.494 e. The molecule has 0 unspecified atom stereocenters. The fraction of sp³-hybridized carbons (Fsp3) is 0.143. The van der Waals surface area contributed by atoms with Gasteiger partial charge in [0, 0.05) is 11.6 Å². The Bertz CT molecular complexity index is 718. The van der Waals surface area contributed by atoms with Crippen LogP contribution in [0.3, 0.4) is 0 Å². The number of halogens is 6. The molecule has 1 nitrogen and oxygen atoms in total. The molecular formula is C14H9BF6O. The maximum Gasteiger partial charge on any atom is 0.205 e. The van der Waals surface area contributed by atoms with Crippen molar-refractivity contribution in [2.75, 3.05) is 7.11 Å². The highest BCUT2D eigenvalue weighted by Gasteiger charge is 2.25. The van der Waals surface area contributed by atoms with Gasteiger partial charge in [0.2, 0.25) is 7.28 Å². The van der Waals surface area contributed by atoms with Crippen LogP contribution in [0.4, 0.5) is 26.3 Å². The molecule has 116 valence electrons. The molecule has 22 heavy (non-hydrogen) atoms. The lowest BCUT2D eigenvalue weighted by Gasteiger charge is -2.12. The zero-order valence-electron chi connectivity index (χ0n) is 11.5. The van der Waals surface area contributed by atoms with E-state index in [0.29, 0.717) is 6.07 Å². The molecule has 0 aliphatic carbocycles. The fourth-order valence-corrected chi connectivity index (χ4v) is 2.11. The van der Waals surface area contributed by atoms with Gasteiger partial charge in [-0.2, -0.15) is 0 Å². The van der Waals surface area contributed by atoms with Crippen molar-refractivity contribution in [1.29, 1.82) is 0 Å². The first-order valence-electron chi connectivity index (χ1n) is 6.11. The van der Waals surface area contributed by atoms with E-state index < -0.39 is 59.0 Å². The average Bonchev–Trinajstić information content (AvgIpc) is 2.47. The number of methoxy groups -OCH3 is 1. The molecule has 2 rings (SSSR count). The molecule has 0 aliphatic rings. The Kier molecular flexibility index (Phi) is 4.39. The van der Waals surface area contributed by atoms with Crippen LogP contribution < -0.4 is 15.7 Å². The number of ether oxygens (including phenoxy) is 1. The van der Waals surface area contributed by atoms with Gasteiger partial charge in [-0.25, -0.2) is 26.3 Å². The second kappa shape index (κ2) is 5.94. The van der Waals surface area contributed by atoms with Crippen molar-refractivity contribution < 1.29 is 31.1 Å². The molecule has 0 aliphatic heterocycles. The van der Waals surface area contributed by atoms with Crippen LogP contribution in [0, 0.1) is 41.8 Å².